The van der Waals surface area contributed by atoms with Gasteiger partial charge in [0, 0.05) is 0 Å². The normalized spacial score (nSPS) is 14.9. The number of rotatable bonds is 5. The van der Waals surface area contributed by atoms with E-state index in [1.807, 2.05) is 6.92 Å². The Bertz CT molecular complexity index is 1580. The summed E-state index contributed by atoms with van der Waals surface area (Å²) >= 11 is 0.984. The highest BCUT2D eigenvalue weighted by Gasteiger charge is 2.45. The molecule has 4 aromatic rings. The van der Waals surface area contributed by atoms with Gasteiger partial charge in [0.25, 0.3) is 5.91 Å². The number of nitrogens with zero attached hydrogens (tertiary/aromatic N) is 2. The summed E-state index contributed by atoms with van der Waals surface area (Å²) in [6.45, 7) is 7.08. The smallest absolute Gasteiger partial charge is 0.350 e. The molecule has 8 nitrogen and oxygen atoms in total. The summed E-state index contributed by atoms with van der Waals surface area (Å²) in [6.07, 6.45) is 1.46. The number of phenolic OH excluding ortho intramolecular Hbond substituents is 1. The quantitative estimate of drug-likeness (QED) is 0.321. The van der Waals surface area contributed by atoms with E-state index in [2.05, 4.69) is 11.6 Å². The molecule has 1 N–H and O–H groups in total. The Labute approximate surface area is 203 Å². The van der Waals surface area contributed by atoms with E-state index in [1.54, 1.807) is 37.3 Å². The zero-order valence-corrected chi connectivity index (χ0v) is 19.7. The van der Waals surface area contributed by atoms with Crippen LogP contribution in [0.3, 0.4) is 0 Å². The third kappa shape index (κ3) is 3.70. The minimum atomic E-state index is -0.909. The number of aromatic hydroxyl groups is 1. The second-order valence-corrected chi connectivity index (χ2v) is 9.12. The molecule has 1 aliphatic rings. The van der Waals surface area contributed by atoms with Gasteiger partial charge in [-0.3, -0.25) is 14.5 Å². The molecule has 0 saturated carbocycles. The summed E-state index contributed by atoms with van der Waals surface area (Å²) < 4.78 is 11.1. The van der Waals surface area contributed by atoms with Crippen LogP contribution in [-0.4, -0.2) is 28.6 Å². The first-order valence-corrected chi connectivity index (χ1v) is 11.6. The topological polar surface area (TPSA) is 110 Å². The number of amides is 1. The molecule has 2 aromatic carbocycles. The van der Waals surface area contributed by atoms with Crippen LogP contribution in [0.1, 0.15) is 48.7 Å². The van der Waals surface area contributed by atoms with Crippen LogP contribution in [0.25, 0.3) is 11.0 Å². The Balaban J connectivity index is 1.73. The summed E-state index contributed by atoms with van der Waals surface area (Å²) in [5, 5.41) is 10.7. The largest absolute Gasteiger partial charge is 0.508 e. The van der Waals surface area contributed by atoms with E-state index >= 15 is 0 Å². The third-order valence-corrected chi connectivity index (χ3v) is 6.86. The van der Waals surface area contributed by atoms with Crippen LogP contribution in [0.5, 0.6) is 5.75 Å². The molecule has 0 spiro atoms. The highest BCUT2D eigenvalue weighted by Crippen LogP contribution is 2.43. The molecule has 9 heteroatoms. The molecule has 1 aliphatic heterocycles. The fourth-order valence-corrected chi connectivity index (χ4v) is 5.16. The lowest BCUT2D eigenvalue weighted by Gasteiger charge is -2.22. The Morgan fingerprint density at radius 1 is 1.26 bits per heavy atom. The monoisotopic (exact) mass is 488 g/mol. The van der Waals surface area contributed by atoms with E-state index < -0.39 is 17.9 Å². The SMILES string of the molecule is C=CCOC(=O)c1sc(N2C(=O)c3oc4ccc(C)cc4c(=O)c3[C@@H]2c2cccc(O)c2)nc1C. The Hall–Kier alpha value is -4.24. The van der Waals surface area contributed by atoms with Crippen LogP contribution >= 0.6 is 11.3 Å². The zero-order valence-electron chi connectivity index (χ0n) is 18.9. The molecular formula is C26H20N2O6S. The summed E-state index contributed by atoms with van der Waals surface area (Å²) in [4.78, 5) is 45.8. The minimum absolute atomic E-state index is 0.0200. The van der Waals surface area contributed by atoms with Gasteiger partial charge in [0.1, 0.15) is 22.8 Å². The van der Waals surface area contributed by atoms with Crippen molar-refractivity contribution in [2.75, 3.05) is 11.5 Å². The first-order valence-electron chi connectivity index (χ1n) is 10.8. The van der Waals surface area contributed by atoms with Gasteiger partial charge in [0.15, 0.2) is 10.6 Å². The maximum Gasteiger partial charge on any atom is 0.350 e. The summed E-state index contributed by atoms with van der Waals surface area (Å²) in [6, 6.07) is 10.6. The summed E-state index contributed by atoms with van der Waals surface area (Å²) in [7, 11) is 0. The maximum absolute atomic E-state index is 13.7. The number of aryl methyl sites for hydroxylation is 2. The van der Waals surface area contributed by atoms with Gasteiger partial charge in [-0.1, -0.05) is 47.8 Å². The number of carbonyl (C=O) groups is 2. The van der Waals surface area contributed by atoms with Crippen LogP contribution in [0.15, 0.2) is 64.3 Å². The number of aromatic nitrogens is 1. The molecule has 2 aromatic heterocycles. The number of hydrogen-bond acceptors (Lipinski definition) is 8. The number of phenols is 1. The number of thiazole rings is 1. The van der Waals surface area contributed by atoms with Crippen molar-refractivity contribution in [3.8, 4) is 5.75 Å². The number of esters is 1. The highest BCUT2D eigenvalue weighted by molar-refractivity contribution is 7.17. The lowest BCUT2D eigenvalue weighted by Crippen LogP contribution is -2.29. The molecular weight excluding hydrogens is 468 g/mol. The van der Waals surface area contributed by atoms with E-state index in [1.165, 1.54) is 23.1 Å². The Kier molecular flexibility index (Phi) is 5.49. The predicted molar refractivity (Wildman–Crippen MR) is 131 cm³/mol. The average Bonchev–Trinajstić information content (AvgIpc) is 3.35. The van der Waals surface area contributed by atoms with Gasteiger partial charge in [-0.2, -0.15) is 0 Å². The summed E-state index contributed by atoms with van der Waals surface area (Å²) in [5.74, 6) is -1.26. The lowest BCUT2D eigenvalue weighted by molar-refractivity contribution is 0.0554. The maximum atomic E-state index is 13.7. The number of benzene rings is 2. The van der Waals surface area contributed by atoms with Gasteiger partial charge in [-0.25, -0.2) is 9.78 Å². The summed E-state index contributed by atoms with van der Waals surface area (Å²) in [5.41, 5.74) is 1.87. The second kappa shape index (κ2) is 8.52. The Morgan fingerprint density at radius 3 is 2.80 bits per heavy atom. The predicted octanol–water partition coefficient (Wildman–Crippen LogP) is 4.66. The van der Waals surface area contributed by atoms with Crippen LogP contribution in [0.4, 0.5) is 5.13 Å². The van der Waals surface area contributed by atoms with E-state index in [9.17, 15) is 19.5 Å². The molecule has 0 aliphatic carbocycles. The first-order chi connectivity index (χ1) is 16.8. The molecule has 3 heterocycles. The van der Waals surface area contributed by atoms with Crippen molar-refractivity contribution < 1.29 is 23.8 Å². The number of hydrogen-bond donors (Lipinski definition) is 1. The van der Waals surface area contributed by atoms with Crippen molar-refractivity contribution in [2.45, 2.75) is 19.9 Å². The van der Waals surface area contributed by atoms with Gasteiger partial charge in [-0.05, 0) is 43.7 Å². The molecule has 1 atom stereocenters. The van der Waals surface area contributed by atoms with E-state index in [0.29, 0.717) is 22.2 Å². The highest BCUT2D eigenvalue weighted by atomic mass is 32.1. The van der Waals surface area contributed by atoms with Crippen molar-refractivity contribution in [1.29, 1.82) is 0 Å². The Morgan fingerprint density at radius 2 is 2.06 bits per heavy atom. The molecule has 0 bridgehead atoms. The van der Waals surface area contributed by atoms with Crippen LogP contribution in [-0.2, 0) is 4.74 Å². The standard InChI is InChI=1S/C26H20N2O6S/c1-4-10-33-25(32)23-14(3)27-26(35-23)28-20(15-6-5-7-16(29)12-15)19-21(30)17-11-13(2)8-9-18(17)34-22(19)24(28)31/h4-9,11-12,20,29H,1,10H2,2-3H3/t20-/m0/s1. The molecule has 1 amide bonds. The van der Waals surface area contributed by atoms with Gasteiger partial charge in [0.2, 0.25) is 5.76 Å². The van der Waals surface area contributed by atoms with Crippen molar-refractivity contribution in [3.05, 3.63) is 98.4 Å². The van der Waals surface area contributed by atoms with E-state index in [0.717, 1.165) is 16.9 Å². The van der Waals surface area contributed by atoms with Crippen molar-refractivity contribution >= 4 is 39.3 Å². The average molecular weight is 489 g/mol. The van der Waals surface area contributed by atoms with Crippen molar-refractivity contribution in [1.82, 2.24) is 4.98 Å². The lowest BCUT2D eigenvalue weighted by atomic mass is 9.98. The van der Waals surface area contributed by atoms with Gasteiger partial charge < -0.3 is 14.3 Å². The van der Waals surface area contributed by atoms with E-state index in [4.69, 9.17) is 9.15 Å². The third-order valence-electron chi connectivity index (χ3n) is 5.72. The zero-order chi connectivity index (χ0) is 24.9. The van der Waals surface area contributed by atoms with Crippen molar-refractivity contribution in [3.63, 3.8) is 0 Å². The molecule has 176 valence electrons. The van der Waals surface area contributed by atoms with Crippen LogP contribution in [0.2, 0.25) is 0 Å². The minimum Gasteiger partial charge on any atom is -0.508 e. The number of fused-ring (bicyclic) bond motifs is 2. The van der Waals surface area contributed by atoms with Gasteiger partial charge in [0.05, 0.1) is 22.7 Å². The fraction of sp³-hybridized carbons (Fsp3) is 0.154. The number of ether oxygens (including phenoxy) is 1. The van der Waals surface area contributed by atoms with Crippen molar-refractivity contribution in [2.24, 2.45) is 0 Å². The van der Waals surface area contributed by atoms with Crippen LogP contribution in [0, 0.1) is 13.8 Å². The molecule has 0 unspecified atom stereocenters. The number of carbonyl (C=O) groups excluding carboxylic acids is 2. The molecule has 0 fully saturated rings. The molecule has 0 saturated heterocycles. The second-order valence-electron chi connectivity index (χ2n) is 8.14. The number of anilines is 1. The molecule has 5 rings (SSSR count). The van der Waals surface area contributed by atoms with Gasteiger partial charge in [-0.15, -0.1) is 0 Å². The first kappa shape index (κ1) is 22.5. The molecule has 0 radical (unpaired) electrons. The molecule has 35 heavy (non-hydrogen) atoms. The van der Waals surface area contributed by atoms with E-state index in [-0.39, 0.29) is 39.1 Å². The van der Waals surface area contributed by atoms with Gasteiger partial charge >= 0.3 is 5.97 Å². The fourth-order valence-electron chi connectivity index (χ4n) is 4.17. The van der Waals surface area contributed by atoms with Crippen LogP contribution < -0.4 is 10.3 Å².